The van der Waals surface area contributed by atoms with Crippen LogP contribution >= 0.6 is 46.4 Å². The Kier molecular flexibility index (Phi) is 13.1. The number of benzene rings is 8. The summed E-state index contributed by atoms with van der Waals surface area (Å²) in [4.78, 5) is 19.7. The molecule has 0 fully saturated rings. The maximum atomic E-state index is 6.17. The van der Waals surface area contributed by atoms with Gasteiger partial charge in [-0.05, 0) is 173 Å². The first-order valence-electron chi connectivity index (χ1n) is 21.5. The highest BCUT2D eigenvalue weighted by Gasteiger charge is 2.19. The van der Waals surface area contributed by atoms with Crippen molar-refractivity contribution >= 4 is 91.2 Å². The van der Waals surface area contributed by atoms with Crippen molar-refractivity contribution in [2.45, 2.75) is 39.8 Å². The third-order valence-electron chi connectivity index (χ3n) is 10.6. The zero-order valence-corrected chi connectivity index (χ0v) is 39.5. The van der Waals surface area contributed by atoms with Crippen LogP contribution in [0.2, 0.25) is 20.1 Å². The van der Waals surface area contributed by atoms with Crippen molar-refractivity contribution in [3.8, 4) is 34.2 Å². The summed E-state index contributed by atoms with van der Waals surface area (Å²) >= 11 is 24.5. The Labute approximate surface area is 403 Å². The Hall–Kier alpha value is -6.68. The van der Waals surface area contributed by atoms with E-state index in [1.807, 2.05) is 133 Å². The summed E-state index contributed by atoms with van der Waals surface area (Å²) in [5, 5.41) is 11.5. The summed E-state index contributed by atoms with van der Waals surface area (Å²) < 4.78 is 4.42. The van der Waals surface area contributed by atoms with Gasteiger partial charge in [0, 0.05) is 54.9 Å². The summed E-state index contributed by atoms with van der Waals surface area (Å²) in [6.45, 7) is 8.29. The predicted molar refractivity (Wildman–Crippen MR) is 276 cm³/mol. The highest BCUT2D eigenvalue weighted by molar-refractivity contribution is 6.31. The normalized spacial score (nSPS) is 12.1. The van der Waals surface area contributed by atoms with Crippen LogP contribution in [0.25, 0.3) is 56.2 Å². The number of para-hydroxylation sites is 4. The summed E-state index contributed by atoms with van der Waals surface area (Å²) in [5.74, 6) is 0. The number of nitrogens with zero attached hydrogens (tertiary/aromatic N) is 6. The standard InChI is InChI=1S/2C27H22Cl2N4/c2*1-17(2)30-24-16-27-25(15-23(24)31-20-11-7-18(28)8-12-20)32-22-5-3-4-6-26(22)33(27)21-13-9-19(29)10-14-21/h2*3-17,31H,1-2H3. The monoisotopic (exact) mass is 944 g/mol. The molecule has 6 aromatic carbocycles. The average Bonchev–Trinajstić information content (AvgIpc) is 3.30. The maximum absolute atomic E-state index is 6.17. The number of rotatable bonds is 8. The Morgan fingerprint density at radius 3 is 1.11 bits per heavy atom. The number of fused-ring (bicyclic) bond motifs is 4. The van der Waals surface area contributed by atoms with Crippen LogP contribution in [0.4, 0.5) is 22.7 Å². The molecular formula is C54H44Cl4N8. The lowest BCUT2D eigenvalue weighted by molar-refractivity contribution is 0.805. The second-order valence-corrected chi connectivity index (χ2v) is 18.0. The van der Waals surface area contributed by atoms with Crippen molar-refractivity contribution < 1.29 is 0 Å². The highest BCUT2D eigenvalue weighted by Crippen LogP contribution is 2.33. The van der Waals surface area contributed by atoms with Crippen molar-refractivity contribution in [1.82, 2.24) is 19.1 Å². The zero-order chi connectivity index (χ0) is 45.9. The van der Waals surface area contributed by atoms with Gasteiger partial charge >= 0.3 is 0 Å². The molecule has 0 bridgehead atoms. The minimum Gasteiger partial charge on any atom is -0.354 e. The average molecular weight is 947 g/mol. The van der Waals surface area contributed by atoms with E-state index >= 15 is 0 Å². The van der Waals surface area contributed by atoms with Gasteiger partial charge < -0.3 is 19.8 Å². The number of nitrogens with one attached hydrogen (secondary N) is 2. The maximum Gasteiger partial charge on any atom is 0.0900 e. The van der Waals surface area contributed by atoms with E-state index in [1.54, 1.807) is 0 Å². The summed E-state index contributed by atoms with van der Waals surface area (Å²) in [6, 6.07) is 55.8. The van der Waals surface area contributed by atoms with Crippen LogP contribution in [0.1, 0.15) is 27.7 Å². The van der Waals surface area contributed by atoms with Gasteiger partial charge in [0.1, 0.15) is 0 Å². The van der Waals surface area contributed by atoms with Crippen LogP contribution in [0.5, 0.6) is 0 Å². The minimum absolute atomic E-state index is 0.130. The Morgan fingerprint density at radius 2 is 0.758 bits per heavy atom. The molecule has 12 heteroatoms. The molecule has 10 rings (SSSR count). The first-order valence-corrected chi connectivity index (χ1v) is 23.0. The van der Waals surface area contributed by atoms with Gasteiger partial charge in [-0.1, -0.05) is 70.7 Å². The fourth-order valence-electron chi connectivity index (χ4n) is 7.77. The molecule has 0 amide bonds. The first kappa shape index (κ1) is 44.5. The molecule has 6 aromatic rings. The van der Waals surface area contributed by atoms with E-state index in [0.717, 1.165) is 89.7 Å². The smallest absolute Gasteiger partial charge is 0.0900 e. The van der Waals surface area contributed by atoms with Gasteiger partial charge in [0.05, 0.1) is 66.9 Å². The molecule has 66 heavy (non-hydrogen) atoms. The molecule has 2 aliphatic carbocycles. The lowest BCUT2D eigenvalue weighted by Gasteiger charge is -2.20. The topological polar surface area (TPSA) is 84.4 Å². The lowest BCUT2D eigenvalue weighted by Crippen LogP contribution is -2.16. The predicted octanol–water partition coefficient (Wildman–Crippen LogP) is 15.0. The second kappa shape index (κ2) is 19.4. The van der Waals surface area contributed by atoms with E-state index in [1.165, 1.54) is 0 Å². The van der Waals surface area contributed by atoms with Crippen LogP contribution in [-0.2, 0) is 0 Å². The lowest BCUT2D eigenvalue weighted by atomic mass is 10.1. The van der Waals surface area contributed by atoms with Gasteiger partial charge in [0.25, 0.3) is 0 Å². The molecule has 8 nitrogen and oxygen atoms in total. The van der Waals surface area contributed by atoms with Crippen LogP contribution in [-0.4, -0.2) is 31.2 Å². The fraction of sp³-hybridized carbons (Fsp3) is 0.111. The molecule has 328 valence electrons. The van der Waals surface area contributed by atoms with Crippen LogP contribution in [0.3, 0.4) is 0 Å². The Bertz CT molecular complexity index is 3170. The zero-order valence-electron chi connectivity index (χ0n) is 36.5. The second-order valence-electron chi connectivity index (χ2n) is 16.3. The molecular weight excluding hydrogens is 902 g/mol. The molecule has 2 aliphatic heterocycles. The van der Waals surface area contributed by atoms with Crippen molar-refractivity contribution in [2.24, 2.45) is 9.98 Å². The Morgan fingerprint density at radius 1 is 0.424 bits per heavy atom. The summed E-state index contributed by atoms with van der Waals surface area (Å²) in [5.41, 5.74) is 13.2. The van der Waals surface area contributed by atoms with Crippen molar-refractivity contribution in [3.05, 3.63) is 201 Å². The molecule has 0 saturated carbocycles. The summed E-state index contributed by atoms with van der Waals surface area (Å²) in [7, 11) is 0. The molecule has 0 aromatic heterocycles. The van der Waals surface area contributed by atoms with Crippen molar-refractivity contribution in [1.29, 1.82) is 0 Å². The van der Waals surface area contributed by atoms with E-state index in [9.17, 15) is 0 Å². The van der Waals surface area contributed by atoms with Gasteiger partial charge in [-0.15, -0.1) is 0 Å². The van der Waals surface area contributed by atoms with E-state index in [4.69, 9.17) is 66.4 Å². The Balaban J connectivity index is 0.000000166. The number of halogens is 4. The highest BCUT2D eigenvalue weighted by atomic mass is 35.5. The first-order chi connectivity index (χ1) is 31.9. The van der Waals surface area contributed by atoms with E-state index in [2.05, 4.69) is 83.9 Å². The molecule has 0 unspecified atom stereocenters. The molecule has 0 atom stereocenters. The quantitative estimate of drug-likeness (QED) is 0.149. The van der Waals surface area contributed by atoms with Gasteiger partial charge in [-0.2, -0.15) is 0 Å². The van der Waals surface area contributed by atoms with Crippen LogP contribution < -0.4 is 21.3 Å². The molecule has 2 N–H and O–H groups in total. The van der Waals surface area contributed by atoms with Crippen molar-refractivity contribution in [2.75, 3.05) is 10.6 Å². The van der Waals surface area contributed by atoms with E-state index < -0.39 is 0 Å². The molecule has 0 radical (unpaired) electrons. The van der Waals surface area contributed by atoms with Crippen LogP contribution in [0, 0.1) is 0 Å². The largest absolute Gasteiger partial charge is 0.354 e. The summed E-state index contributed by atoms with van der Waals surface area (Å²) in [6.07, 6.45) is 0. The fourth-order valence-corrected chi connectivity index (χ4v) is 8.27. The molecule has 2 heterocycles. The molecule has 0 saturated heterocycles. The number of hydrogen-bond acceptors (Lipinski definition) is 6. The SMILES string of the molecule is CC(C)N=c1cc2n(-c3ccc(Cl)cc3)c3ccccc3nc-2cc1Nc1ccc(Cl)cc1.CC(C)N=c1cc2n(-c3ccc(Cl)cc3)c3ccccc3nc-2cc1Nc1ccc(Cl)cc1. The minimum atomic E-state index is 0.130. The molecule has 4 aliphatic rings. The van der Waals surface area contributed by atoms with Gasteiger partial charge in [0.2, 0.25) is 0 Å². The number of aromatic nitrogens is 4. The molecule has 0 spiro atoms. The van der Waals surface area contributed by atoms with E-state index in [-0.39, 0.29) is 12.1 Å². The number of hydrogen-bond donors (Lipinski definition) is 2. The number of anilines is 4. The van der Waals surface area contributed by atoms with Gasteiger partial charge in [-0.25, -0.2) is 9.97 Å². The third-order valence-corrected chi connectivity index (χ3v) is 11.6. The van der Waals surface area contributed by atoms with Crippen LogP contribution in [0.15, 0.2) is 180 Å². The van der Waals surface area contributed by atoms with Gasteiger partial charge in [-0.3, -0.25) is 9.98 Å². The van der Waals surface area contributed by atoms with E-state index in [0.29, 0.717) is 20.1 Å². The van der Waals surface area contributed by atoms with Gasteiger partial charge in [0.15, 0.2) is 0 Å². The third kappa shape index (κ3) is 9.93. The van der Waals surface area contributed by atoms with Crippen molar-refractivity contribution in [3.63, 3.8) is 0 Å².